The predicted octanol–water partition coefficient (Wildman–Crippen LogP) is 3.41. The number of carbonyl (C=O) groups excluding carboxylic acids is 1. The summed E-state index contributed by atoms with van der Waals surface area (Å²) in [6, 6.07) is 11.1. The SMILES string of the molecule is CCC(C(=O)NC(C)c1ccc(-n2cccc2)cc1)n1cc([N+](=O)[O-])cn1. The standard InChI is InChI=1S/C19H21N5O3/c1-3-18(23-13-17(12-20-23)24(26)27)19(25)21-14(2)15-6-8-16(9-7-15)22-10-4-5-11-22/h4-14,18H,3H2,1-2H3,(H,21,25). The molecule has 140 valence electrons. The van der Waals surface area contributed by atoms with E-state index in [1.165, 1.54) is 10.9 Å². The Bertz CT molecular complexity index is 915. The minimum absolute atomic E-state index is 0.130. The summed E-state index contributed by atoms with van der Waals surface area (Å²) in [5.74, 6) is -0.225. The smallest absolute Gasteiger partial charge is 0.307 e. The maximum absolute atomic E-state index is 12.6. The molecule has 2 aromatic heterocycles. The van der Waals surface area contributed by atoms with E-state index in [1.807, 2.05) is 67.2 Å². The van der Waals surface area contributed by atoms with Gasteiger partial charge in [-0.25, -0.2) is 0 Å². The molecule has 1 amide bonds. The summed E-state index contributed by atoms with van der Waals surface area (Å²) in [7, 11) is 0. The lowest BCUT2D eigenvalue weighted by atomic mass is 10.1. The molecule has 0 spiro atoms. The van der Waals surface area contributed by atoms with Crippen LogP contribution in [0.5, 0.6) is 0 Å². The van der Waals surface area contributed by atoms with Gasteiger partial charge in [-0.05, 0) is 43.2 Å². The van der Waals surface area contributed by atoms with E-state index in [4.69, 9.17) is 0 Å². The van der Waals surface area contributed by atoms with E-state index in [0.717, 1.165) is 17.4 Å². The van der Waals surface area contributed by atoms with Crippen LogP contribution < -0.4 is 5.32 Å². The second-order valence-corrected chi connectivity index (χ2v) is 6.27. The third kappa shape index (κ3) is 4.05. The van der Waals surface area contributed by atoms with E-state index in [9.17, 15) is 14.9 Å². The van der Waals surface area contributed by atoms with E-state index in [-0.39, 0.29) is 17.6 Å². The first kappa shape index (κ1) is 18.4. The largest absolute Gasteiger partial charge is 0.348 e. The fraction of sp³-hybridized carbons (Fsp3) is 0.263. The first-order valence-electron chi connectivity index (χ1n) is 8.71. The first-order chi connectivity index (χ1) is 13.0. The summed E-state index contributed by atoms with van der Waals surface area (Å²) in [6.45, 7) is 3.75. The van der Waals surface area contributed by atoms with Crippen LogP contribution in [0.4, 0.5) is 5.69 Å². The molecule has 27 heavy (non-hydrogen) atoms. The minimum Gasteiger partial charge on any atom is -0.348 e. The number of hydrogen-bond donors (Lipinski definition) is 1. The van der Waals surface area contributed by atoms with Gasteiger partial charge in [0.2, 0.25) is 5.91 Å². The molecule has 8 nitrogen and oxygen atoms in total. The molecule has 0 saturated carbocycles. The fourth-order valence-corrected chi connectivity index (χ4v) is 2.92. The number of carbonyl (C=O) groups is 1. The van der Waals surface area contributed by atoms with Gasteiger partial charge in [-0.3, -0.25) is 19.6 Å². The molecule has 2 unspecified atom stereocenters. The van der Waals surface area contributed by atoms with Crippen molar-refractivity contribution >= 4 is 11.6 Å². The highest BCUT2D eigenvalue weighted by atomic mass is 16.6. The zero-order valence-electron chi connectivity index (χ0n) is 15.1. The molecule has 0 bridgehead atoms. The molecule has 3 aromatic rings. The maximum atomic E-state index is 12.6. The van der Waals surface area contributed by atoms with Gasteiger partial charge >= 0.3 is 5.69 Å². The van der Waals surface area contributed by atoms with Crippen molar-refractivity contribution in [2.75, 3.05) is 0 Å². The zero-order chi connectivity index (χ0) is 19.4. The van der Waals surface area contributed by atoms with E-state index in [0.29, 0.717) is 6.42 Å². The molecule has 2 atom stereocenters. The summed E-state index contributed by atoms with van der Waals surface area (Å²) in [4.78, 5) is 22.9. The molecule has 0 aliphatic carbocycles. The lowest BCUT2D eigenvalue weighted by Crippen LogP contribution is -2.34. The van der Waals surface area contributed by atoms with E-state index < -0.39 is 11.0 Å². The predicted molar refractivity (Wildman–Crippen MR) is 101 cm³/mol. The van der Waals surface area contributed by atoms with E-state index >= 15 is 0 Å². The average Bonchev–Trinajstić information content (AvgIpc) is 3.35. The summed E-state index contributed by atoms with van der Waals surface area (Å²) >= 11 is 0. The molecule has 0 radical (unpaired) electrons. The summed E-state index contributed by atoms with van der Waals surface area (Å²) in [5.41, 5.74) is 1.88. The van der Waals surface area contributed by atoms with Crippen molar-refractivity contribution in [1.29, 1.82) is 0 Å². The molecule has 0 aliphatic heterocycles. The van der Waals surface area contributed by atoms with Crippen molar-refractivity contribution in [3.05, 3.63) is 76.9 Å². The van der Waals surface area contributed by atoms with Crippen molar-refractivity contribution in [3.63, 3.8) is 0 Å². The van der Waals surface area contributed by atoms with Crippen LogP contribution in [0.25, 0.3) is 5.69 Å². The van der Waals surface area contributed by atoms with Crippen LogP contribution in [0.1, 0.15) is 37.9 Å². The Balaban J connectivity index is 1.69. The first-order valence-corrected chi connectivity index (χ1v) is 8.71. The number of rotatable bonds is 7. The second kappa shape index (κ2) is 7.86. The Hall–Kier alpha value is -3.42. The summed E-state index contributed by atoms with van der Waals surface area (Å²) in [6.07, 6.45) is 6.85. The topological polar surface area (TPSA) is 95.0 Å². The summed E-state index contributed by atoms with van der Waals surface area (Å²) < 4.78 is 3.35. The summed E-state index contributed by atoms with van der Waals surface area (Å²) in [5, 5.41) is 17.7. The van der Waals surface area contributed by atoms with Gasteiger partial charge in [-0.1, -0.05) is 19.1 Å². The highest BCUT2D eigenvalue weighted by Gasteiger charge is 2.23. The normalized spacial score (nSPS) is 13.1. The number of aromatic nitrogens is 3. The van der Waals surface area contributed by atoms with E-state index in [1.54, 1.807) is 0 Å². The van der Waals surface area contributed by atoms with Crippen LogP contribution >= 0.6 is 0 Å². The third-order valence-electron chi connectivity index (χ3n) is 4.46. The zero-order valence-corrected chi connectivity index (χ0v) is 15.1. The lowest BCUT2D eigenvalue weighted by molar-refractivity contribution is -0.385. The number of nitrogens with zero attached hydrogens (tertiary/aromatic N) is 4. The Morgan fingerprint density at radius 2 is 1.93 bits per heavy atom. The van der Waals surface area contributed by atoms with Crippen molar-refractivity contribution < 1.29 is 9.72 Å². The molecule has 3 rings (SSSR count). The number of nitrogens with one attached hydrogen (secondary N) is 1. The van der Waals surface area contributed by atoms with Crippen LogP contribution in [-0.2, 0) is 4.79 Å². The van der Waals surface area contributed by atoms with Crippen molar-refractivity contribution in [3.8, 4) is 5.69 Å². The lowest BCUT2D eigenvalue weighted by Gasteiger charge is -2.20. The van der Waals surface area contributed by atoms with Gasteiger partial charge in [0.05, 0.1) is 11.0 Å². The molecular weight excluding hydrogens is 346 g/mol. The van der Waals surface area contributed by atoms with Crippen LogP contribution in [0.2, 0.25) is 0 Å². The van der Waals surface area contributed by atoms with Gasteiger partial charge in [-0.2, -0.15) is 5.10 Å². The van der Waals surface area contributed by atoms with Gasteiger partial charge in [0, 0.05) is 18.1 Å². The molecule has 1 N–H and O–H groups in total. The average molecular weight is 367 g/mol. The fourth-order valence-electron chi connectivity index (χ4n) is 2.92. The minimum atomic E-state index is -0.597. The number of hydrogen-bond acceptors (Lipinski definition) is 4. The van der Waals surface area contributed by atoms with Crippen LogP contribution in [0.3, 0.4) is 0 Å². The van der Waals surface area contributed by atoms with Gasteiger partial charge in [0.25, 0.3) is 0 Å². The molecule has 0 aliphatic rings. The van der Waals surface area contributed by atoms with Gasteiger partial charge in [0.1, 0.15) is 18.4 Å². The molecule has 1 aromatic carbocycles. The molecule has 2 heterocycles. The van der Waals surface area contributed by atoms with E-state index in [2.05, 4.69) is 10.4 Å². The van der Waals surface area contributed by atoms with Crippen LogP contribution in [-0.4, -0.2) is 25.2 Å². The number of nitro groups is 1. The monoisotopic (exact) mass is 367 g/mol. The number of benzene rings is 1. The highest BCUT2D eigenvalue weighted by Crippen LogP contribution is 2.20. The quantitative estimate of drug-likeness (QED) is 0.511. The Labute approximate surface area is 156 Å². The Morgan fingerprint density at radius 1 is 1.26 bits per heavy atom. The van der Waals surface area contributed by atoms with Gasteiger partial charge in [-0.15, -0.1) is 0 Å². The maximum Gasteiger partial charge on any atom is 0.307 e. The second-order valence-electron chi connectivity index (χ2n) is 6.27. The highest BCUT2D eigenvalue weighted by molar-refractivity contribution is 5.80. The number of amides is 1. The van der Waals surface area contributed by atoms with Crippen LogP contribution in [0, 0.1) is 10.1 Å². The van der Waals surface area contributed by atoms with Crippen LogP contribution in [0.15, 0.2) is 61.2 Å². The Morgan fingerprint density at radius 3 is 2.48 bits per heavy atom. The molecule has 0 fully saturated rings. The van der Waals surface area contributed by atoms with Crippen molar-refractivity contribution in [1.82, 2.24) is 19.7 Å². The Kier molecular flexibility index (Phi) is 5.35. The third-order valence-corrected chi connectivity index (χ3v) is 4.46. The molecule has 8 heteroatoms. The van der Waals surface area contributed by atoms with Gasteiger partial charge in [0.15, 0.2) is 0 Å². The molecule has 0 saturated heterocycles. The molecular formula is C19H21N5O3. The van der Waals surface area contributed by atoms with Crippen molar-refractivity contribution in [2.24, 2.45) is 0 Å². The van der Waals surface area contributed by atoms with Crippen molar-refractivity contribution in [2.45, 2.75) is 32.4 Å². The van der Waals surface area contributed by atoms with Gasteiger partial charge < -0.3 is 9.88 Å².